The van der Waals surface area contributed by atoms with Gasteiger partial charge in [-0.1, -0.05) is 51.5 Å². The zero-order chi connectivity index (χ0) is 16.0. The van der Waals surface area contributed by atoms with Gasteiger partial charge < -0.3 is 26.2 Å². The molecule has 0 rings (SSSR count). The third-order valence-electron chi connectivity index (χ3n) is 3.63. The van der Waals surface area contributed by atoms with Gasteiger partial charge in [0.25, 0.3) is 0 Å². The Hall–Kier alpha value is -0.350. The van der Waals surface area contributed by atoms with Gasteiger partial charge in [-0.3, -0.25) is 0 Å². The highest BCUT2D eigenvalue weighted by atomic mass is 79.9. The van der Waals surface area contributed by atoms with Gasteiger partial charge >= 0.3 is 5.97 Å². The van der Waals surface area contributed by atoms with Crippen molar-refractivity contribution in [2.24, 2.45) is 0 Å². The van der Waals surface area contributed by atoms with E-state index in [1.165, 1.54) is 64.0 Å². The van der Waals surface area contributed by atoms with E-state index in [-0.39, 0.29) is 23.0 Å². The van der Waals surface area contributed by atoms with E-state index in [1.807, 2.05) is 0 Å². The molecule has 0 amide bonds. The molecule has 0 radical (unpaired) electrons. The number of halogens is 1. The molecular weight excluding hydrogens is 342 g/mol. The second-order valence-electron chi connectivity index (χ2n) is 6.92. The minimum Gasteiger partial charge on any atom is -1.00 e. The molecule has 22 heavy (non-hydrogen) atoms. The van der Waals surface area contributed by atoms with Gasteiger partial charge in [0, 0.05) is 6.08 Å². The zero-order valence-electron chi connectivity index (χ0n) is 14.9. The minimum absolute atomic E-state index is 0. The number of hydrogen-bond acceptors (Lipinski definition) is 2. The Morgan fingerprint density at radius 1 is 0.864 bits per heavy atom. The Bertz CT molecular complexity index is 275. The van der Waals surface area contributed by atoms with Crippen molar-refractivity contribution in [1.29, 1.82) is 0 Å². The molecule has 0 N–H and O–H groups in total. The highest BCUT2D eigenvalue weighted by Gasteiger charge is 2.04. The lowest BCUT2D eigenvalue weighted by Crippen LogP contribution is -3.00. The number of unbranched alkanes of at least 4 members (excludes halogenated alkanes) is 9. The van der Waals surface area contributed by atoms with Gasteiger partial charge in [0.2, 0.25) is 0 Å². The Balaban J connectivity index is 0. The summed E-state index contributed by atoms with van der Waals surface area (Å²) in [5.74, 6) is -0.305. The third-order valence-corrected chi connectivity index (χ3v) is 3.63. The molecule has 0 heterocycles. The van der Waals surface area contributed by atoms with Gasteiger partial charge in [0.1, 0.15) is 0 Å². The van der Waals surface area contributed by atoms with Crippen LogP contribution >= 0.6 is 0 Å². The number of quaternary nitrogens is 1. The van der Waals surface area contributed by atoms with Crippen molar-refractivity contribution in [2.45, 2.75) is 64.2 Å². The van der Waals surface area contributed by atoms with Crippen LogP contribution in [0.3, 0.4) is 0 Å². The van der Waals surface area contributed by atoms with Crippen molar-refractivity contribution in [3.8, 4) is 0 Å². The highest BCUT2D eigenvalue weighted by Crippen LogP contribution is 2.11. The highest BCUT2D eigenvalue weighted by molar-refractivity contribution is 5.81. The maximum atomic E-state index is 10.8. The molecule has 4 heteroatoms. The number of carbonyl (C=O) groups is 1. The summed E-state index contributed by atoms with van der Waals surface area (Å²) in [6, 6.07) is 0. The van der Waals surface area contributed by atoms with Crippen LogP contribution in [-0.4, -0.2) is 44.7 Å². The lowest BCUT2D eigenvalue weighted by atomic mass is 10.1. The molecule has 0 saturated carbocycles. The summed E-state index contributed by atoms with van der Waals surface area (Å²) < 4.78 is 6.02. The molecule has 0 atom stereocenters. The summed E-state index contributed by atoms with van der Waals surface area (Å²) >= 11 is 0. The standard InChI is InChI=1S/C18H36NO2.BrH/c1-5-18(20)21-17-15-13-11-9-7-6-8-10-12-14-16-19(2,3)4;/h5H,1,6-17H2,2-4H3;1H/q+1;/p-1. The average molecular weight is 378 g/mol. The molecule has 0 bridgehead atoms. The number of esters is 1. The van der Waals surface area contributed by atoms with Crippen LogP contribution < -0.4 is 17.0 Å². The van der Waals surface area contributed by atoms with Crippen LogP contribution in [0, 0.1) is 0 Å². The van der Waals surface area contributed by atoms with Crippen molar-refractivity contribution in [3.05, 3.63) is 12.7 Å². The molecule has 0 spiro atoms. The monoisotopic (exact) mass is 377 g/mol. The van der Waals surface area contributed by atoms with E-state index in [1.54, 1.807) is 0 Å². The van der Waals surface area contributed by atoms with Crippen molar-refractivity contribution < 1.29 is 31.0 Å². The van der Waals surface area contributed by atoms with Crippen LogP contribution in [0.25, 0.3) is 0 Å². The number of ether oxygens (including phenoxy) is 1. The lowest BCUT2D eigenvalue weighted by molar-refractivity contribution is -0.870. The first-order valence-electron chi connectivity index (χ1n) is 8.55. The molecule has 0 aliphatic carbocycles. The van der Waals surface area contributed by atoms with E-state index in [0.717, 1.165) is 17.3 Å². The van der Waals surface area contributed by atoms with E-state index >= 15 is 0 Å². The maximum Gasteiger partial charge on any atom is 0.330 e. The normalized spacial score (nSPS) is 10.9. The zero-order valence-corrected chi connectivity index (χ0v) is 16.5. The molecule has 0 fully saturated rings. The van der Waals surface area contributed by atoms with Gasteiger partial charge in [0.05, 0.1) is 34.3 Å². The van der Waals surface area contributed by atoms with Gasteiger partial charge in [0.15, 0.2) is 0 Å². The second kappa shape index (κ2) is 15.5. The van der Waals surface area contributed by atoms with Crippen LogP contribution in [0.4, 0.5) is 0 Å². The summed E-state index contributed by atoms with van der Waals surface area (Å²) in [7, 11) is 6.79. The van der Waals surface area contributed by atoms with Crippen molar-refractivity contribution >= 4 is 5.97 Å². The predicted octanol–water partition coefficient (Wildman–Crippen LogP) is 1.33. The Morgan fingerprint density at radius 2 is 1.27 bits per heavy atom. The third kappa shape index (κ3) is 19.7. The van der Waals surface area contributed by atoms with Gasteiger partial charge in [-0.25, -0.2) is 4.79 Å². The fourth-order valence-electron chi connectivity index (χ4n) is 2.33. The van der Waals surface area contributed by atoms with Crippen LogP contribution in [0.5, 0.6) is 0 Å². The van der Waals surface area contributed by atoms with Crippen LogP contribution in [0.15, 0.2) is 12.7 Å². The molecule has 0 aliphatic heterocycles. The van der Waals surface area contributed by atoms with Crippen LogP contribution in [0.2, 0.25) is 0 Å². The summed E-state index contributed by atoms with van der Waals surface area (Å²) in [5, 5.41) is 0. The SMILES string of the molecule is C=CC(=O)OCCCCCCCCCCCC[N+](C)(C)C.[Br-]. The molecule has 0 aromatic carbocycles. The van der Waals surface area contributed by atoms with Crippen LogP contribution in [-0.2, 0) is 9.53 Å². The van der Waals surface area contributed by atoms with Gasteiger partial charge in [-0.05, 0) is 19.3 Å². The van der Waals surface area contributed by atoms with E-state index in [9.17, 15) is 4.79 Å². The van der Waals surface area contributed by atoms with Crippen molar-refractivity contribution in [2.75, 3.05) is 34.3 Å². The number of nitrogens with zero attached hydrogens (tertiary/aromatic N) is 1. The fourth-order valence-corrected chi connectivity index (χ4v) is 2.33. The molecule has 0 aromatic rings. The van der Waals surface area contributed by atoms with Crippen LogP contribution in [0.1, 0.15) is 64.2 Å². The summed E-state index contributed by atoms with van der Waals surface area (Å²) in [5.41, 5.74) is 0. The molecule has 132 valence electrons. The lowest BCUT2D eigenvalue weighted by Gasteiger charge is -2.23. The van der Waals surface area contributed by atoms with Crippen molar-refractivity contribution in [3.63, 3.8) is 0 Å². The largest absolute Gasteiger partial charge is 1.00 e. The molecule has 0 saturated heterocycles. The first-order chi connectivity index (χ1) is 9.95. The van der Waals surface area contributed by atoms with E-state index < -0.39 is 0 Å². The summed E-state index contributed by atoms with van der Waals surface area (Å²) in [4.78, 5) is 10.8. The number of carbonyl (C=O) groups excluding carboxylic acids is 1. The Morgan fingerprint density at radius 3 is 1.68 bits per heavy atom. The number of hydrogen-bond donors (Lipinski definition) is 0. The maximum absolute atomic E-state index is 10.8. The Kier molecular flexibility index (Phi) is 16.9. The average Bonchev–Trinajstić information content (AvgIpc) is 2.42. The Labute approximate surface area is 148 Å². The van der Waals surface area contributed by atoms with E-state index in [2.05, 4.69) is 27.7 Å². The molecule has 0 aliphatic rings. The van der Waals surface area contributed by atoms with Gasteiger partial charge in [-0.2, -0.15) is 0 Å². The molecule has 0 unspecified atom stereocenters. The second-order valence-corrected chi connectivity index (χ2v) is 6.92. The van der Waals surface area contributed by atoms with Crippen molar-refractivity contribution in [1.82, 2.24) is 0 Å². The first-order valence-corrected chi connectivity index (χ1v) is 8.55. The minimum atomic E-state index is -0.305. The molecule has 3 nitrogen and oxygen atoms in total. The summed E-state index contributed by atoms with van der Waals surface area (Å²) in [6.07, 6.45) is 14.2. The fraction of sp³-hybridized carbons (Fsp3) is 0.833. The smallest absolute Gasteiger partial charge is 0.330 e. The molecular formula is C18H36BrNO2. The summed E-state index contributed by atoms with van der Waals surface area (Å²) in [6.45, 7) is 5.20. The molecule has 0 aromatic heterocycles. The first kappa shape index (κ1) is 23.9. The van der Waals surface area contributed by atoms with E-state index in [4.69, 9.17) is 4.74 Å². The van der Waals surface area contributed by atoms with Gasteiger partial charge in [-0.15, -0.1) is 0 Å². The number of rotatable bonds is 14. The van der Waals surface area contributed by atoms with E-state index in [0.29, 0.717) is 6.61 Å². The predicted molar refractivity (Wildman–Crippen MR) is 90.2 cm³/mol. The quantitative estimate of drug-likeness (QED) is 0.197. The topological polar surface area (TPSA) is 26.3 Å².